The summed E-state index contributed by atoms with van der Waals surface area (Å²) in [6.45, 7) is 1.98. The lowest BCUT2D eigenvalue weighted by Crippen LogP contribution is -2.26. The number of amides is 1. The first kappa shape index (κ1) is 13.3. The minimum atomic E-state index is -0.0721. The highest BCUT2D eigenvalue weighted by Gasteiger charge is 2.11. The number of hydrogen-bond donors (Lipinski definition) is 1. The molecule has 1 unspecified atom stereocenters. The van der Waals surface area contributed by atoms with E-state index < -0.39 is 0 Å². The first-order valence-corrected chi connectivity index (χ1v) is 6.94. The number of nitrogens with zero attached hydrogens (tertiary/aromatic N) is 1. The summed E-state index contributed by atoms with van der Waals surface area (Å²) in [6, 6.07) is 19.3. The van der Waals surface area contributed by atoms with Crippen LogP contribution in [-0.4, -0.2) is 10.9 Å². The van der Waals surface area contributed by atoms with Crippen molar-refractivity contribution in [2.24, 2.45) is 0 Å². The van der Waals surface area contributed by atoms with Crippen molar-refractivity contribution in [1.29, 1.82) is 0 Å². The number of aromatic nitrogens is 1. The first-order chi connectivity index (χ1) is 10.2. The fourth-order valence-corrected chi connectivity index (χ4v) is 2.32. The van der Waals surface area contributed by atoms with Crippen LogP contribution in [-0.2, 0) is 0 Å². The van der Waals surface area contributed by atoms with E-state index in [-0.39, 0.29) is 11.9 Å². The van der Waals surface area contributed by atoms with Gasteiger partial charge >= 0.3 is 0 Å². The molecule has 0 spiro atoms. The van der Waals surface area contributed by atoms with Crippen LogP contribution in [0, 0.1) is 0 Å². The summed E-state index contributed by atoms with van der Waals surface area (Å²) in [5.41, 5.74) is 2.64. The number of fused-ring (bicyclic) bond motifs is 1. The Morgan fingerprint density at radius 3 is 2.67 bits per heavy atom. The van der Waals surface area contributed by atoms with Gasteiger partial charge in [0.15, 0.2) is 0 Å². The largest absolute Gasteiger partial charge is 0.346 e. The summed E-state index contributed by atoms with van der Waals surface area (Å²) in [5.74, 6) is -0.0721. The normalized spacial score (nSPS) is 12.0. The molecule has 0 aliphatic rings. The van der Waals surface area contributed by atoms with Gasteiger partial charge in [0.1, 0.15) is 0 Å². The maximum atomic E-state index is 12.3. The Kier molecular flexibility index (Phi) is 3.65. The summed E-state index contributed by atoms with van der Waals surface area (Å²) in [7, 11) is 0. The van der Waals surface area contributed by atoms with Gasteiger partial charge in [-0.25, -0.2) is 0 Å². The van der Waals surface area contributed by atoms with Crippen LogP contribution in [0.25, 0.3) is 10.9 Å². The fraction of sp³-hybridized carbons (Fsp3) is 0.111. The third kappa shape index (κ3) is 2.92. The smallest absolute Gasteiger partial charge is 0.251 e. The molecule has 0 bridgehead atoms. The van der Waals surface area contributed by atoms with Crippen LogP contribution < -0.4 is 5.32 Å². The molecule has 3 nitrogen and oxygen atoms in total. The minimum Gasteiger partial charge on any atom is -0.346 e. The summed E-state index contributed by atoms with van der Waals surface area (Å²) < 4.78 is 0. The average molecular weight is 276 g/mol. The number of pyridine rings is 1. The SMILES string of the molecule is CC(NC(=O)c1ccc2ncccc2c1)c1ccccc1. The third-order valence-electron chi connectivity index (χ3n) is 3.51. The monoisotopic (exact) mass is 276 g/mol. The van der Waals surface area contributed by atoms with Crippen LogP contribution in [0.15, 0.2) is 66.9 Å². The van der Waals surface area contributed by atoms with E-state index in [0.717, 1.165) is 16.5 Å². The summed E-state index contributed by atoms with van der Waals surface area (Å²) >= 11 is 0. The maximum Gasteiger partial charge on any atom is 0.251 e. The van der Waals surface area contributed by atoms with Crippen LogP contribution in [0.3, 0.4) is 0 Å². The number of carbonyl (C=O) groups is 1. The van der Waals surface area contributed by atoms with Crippen molar-refractivity contribution in [1.82, 2.24) is 10.3 Å². The van der Waals surface area contributed by atoms with E-state index in [1.165, 1.54) is 0 Å². The Labute approximate surface area is 123 Å². The third-order valence-corrected chi connectivity index (χ3v) is 3.51. The molecule has 3 rings (SSSR count). The Bertz CT molecular complexity index is 768. The van der Waals surface area contributed by atoms with E-state index in [9.17, 15) is 4.79 Å². The number of carbonyl (C=O) groups excluding carboxylic acids is 1. The van der Waals surface area contributed by atoms with E-state index in [2.05, 4.69) is 10.3 Å². The lowest BCUT2D eigenvalue weighted by molar-refractivity contribution is 0.0940. The van der Waals surface area contributed by atoms with E-state index in [1.807, 2.05) is 67.6 Å². The highest BCUT2D eigenvalue weighted by atomic mass is 16.1. The van der Waals surface area contributed by atoms with E-state index in [1.54, 1.807) is 6.20 Å². The standard InChI is InChI=1S/C18H16N2O/c1-13(14-6-3-2-4-7-14)20-18(21)16-9-10-17-15(12-16)8-5-11-19-17/h2-13H,1H3,(H,20,21). The van der Waals surface area contributed by atoms with Crippen molar-refractivity contribution in [3.63, 3.8) is 0 Å². The zero-order valence-corrected chi connectivity index (χ0v) is 11.8. The van der Waals surface area contributed by atoms with E-state index in [4.69, 9.17) is 0 Å². The van der Waals surface area contributed by atoms with Gasteiger partial charge in [-0.15, -0.1) is 0 Å². The van der Waals surface area contributed by atoms with Crippen LogP contribution in [0.4, 0.5) is 0 Å². The van der Waals surface area contributed by atoms with Crippen molar-refractivity contribution in [3.05, 3.63) is 78.0 Å². The second-order valence-electron chi connectivity index (χ2n) is 5.02. The van der Waals surface area contributed by atoms with Gasteiger partial charge in [-0.2, -0.15) is 0 Å². The van der Waals surface area contributed by atoms with Gasteiger partial charge in [0.2, 0.25) is 0 Å². The Balaban J connectivity index is 1.80. The number of hydrogen-bond acceptors (Lipinski definition) is 2. The molecular weight excluding hydrogens is 260 g/mol. The molecule has 1 N–H and O–H groups in total. The Hall–Kier alpha value is -2.68. The predicted molar refractivity (Wildman–Crippen MR) is 84.1 cm³/mol. The molecule has 3 aromatic rings. The van der Waals surface area contributed by atoms with Gasteiger partial charge in [0, 0.05) is 17.1 Å². The summed E-state index contributed by atoms with van der Waals surface area (Å²) in [6.07, 6.45) is 1.75. The van der Waals surface area contributed by atoms with E-state index in [0.29, 0.717) is 5.56 Å². The van der Waals surface area contributed by atoms with Crippen molar-refractivity contribution in [2.75, 3.05) is 0 Å². The van der Waals surface area contributed by atoms with Gasteiger partial charge in [0.25, 0.3) is 5.91 Å². The highest BCUT2D eigenvalue weighted by molar-refractivity contribution is 5.98. The second-order valence-corrected chi connectivity index (χ2v) is 5.02. The lowest BCUT2D eigenvalue weighted by atomic mass is 10.1. The quantitative estimate of drug-likeness (QED) is 0.792. The average Bonchev–Trinajstić information content (AvgIpc) is 2.55. The zero-order valence-electron chi connectivity index (χ0n) is 11.8. The molecule has 1 amide bonds. The molecule has 1 aromatic heterocycles. The molecule has 2 aromatic carbocycles. The fourth-order valence-electron chi connectivity index (χ4n) is 2.32. The van der Waals surface area contributed by atoms with Gasteiger partial charge in [-0.05, 0) is 36.8 Å². The van der Waals surface area contributed by atoms with Crippen LogP contribution in [0.2, 0.25) is 0 Å². The predicted octanol–water partition coefficient (Wildman–Crippen LogP) is 3.73. The minimum absolute atomic E-state index is 0.0247. The molecule has 1 heterocycles. The summed E-state index contributed by atoms with van der Waals surface area (Å²) in [4.78, 5) is 16.6. The molecule has 0 radical (unpaired) electrons. The van der Waals surface area contributed by atoms with Crippen molar-refractivity contribution < 1.29 is 4.79 Å². The lowest BCUT2D eigenvalue weighted by Gasteiger charge is -2.14. The maximum absolute atomic E-state index is 12.3. The van der Waals surface area contributed by atoms with Gasteiger partial charge in [-0.3, -0.25) is 9.78 Å². The molecule has 0 aliphatic heterocycles. The zero-order chi connectivity index (χ0) is 14.7. The van der Waals surface area contributed by atoms with Gasteiger partial charge in [-0.1, -0.05) is 36.4 Å². The van der Waals surface area contributed by atoms with Crippen molar-refractivity contribution in [3.8, 4) is 0 Å². The van der Waals surface area contributed by atoms with Gasteiger partial charge in [0.05, 0.1) is 11.6 Å². The molecule has 21 heavy (non-hydrogen) atoms. The molecule has 104 valence electrons. The Morgan fingerprint density at radius 1 is 1.05 bits per heavy atom. The molecule has 0 saturated carbocycles. The molecule has 0 saturated heterocycles. The van der Waals surface area contributed by atoms with Crippen molar-refractivity contribution in [2.45, 2.75) is 13.0 Å². The van der Waals surface area contributed by atoms with Crippen molar-refractivity contribution >= 4 is 16.8 Å². The van der Waals surface area contributed by atoms with Crippen LogP contribution >= 0.6 is 0 Å². The van der Waals surface area contributed by atoms with E-state index >= 15 is 0 Å². The highest BCUT2D eigenvalue weighted by Crippen LogP contribution is 2.16. The topological polar surface area (TPSA) is 42.0 Å². The second kappa shape index (κ2) is 5.75. The molecule has 0 aliphatic carbocycles. The van der Waals surface area contributed by atoms with Crippen LogP contribution in [0.1, 0.15) is 28.9 Å². The van der Waals surface area contributed by atoms with Gasteiger partial charge < -0.3 is 5.32 Å². The van der Waals surface area contributed by atoms with Crippen LogP contribution in [0.5, 0.6) is 0 Å². The number of rotatable bonds is 3. The molecular formula is C18H16N2O. The molecule has 1 atom stereocenters. The number of benzene rings is 2. The molecule has 0 fully saturated rings. The first-order valence-electron chi connectivity index (χ1n) is 6.94. The molecule has 3 heteroatoms. The summed E-state index contributed by atoms with van der Waals surface area (Å²) in [5, 5.41) is 3.99. The Morgan fingerprint density at radius 2 is 1.86 bits per heavy atom. The number of nitrogens with one attached hydrogen (secondary N) is 1.